The molecule has 0 bridgehead atoms. The van der Waals surface area contributed by atoms with Gasteiger partial charge in [-0.25, -0.2) is 0 Å². The second kappa shape index (κ2) is 8.33. The predicted octanol–water partition coefficient (Wildman–Crippen LogP) is 6.34. The Bertz CT molecular complexity index is 1250. The van der Waals surface area contributed by atoms with Crippen LogP contribution in [-0.4, -0.2) is 28.9 Å². The molecule has 2 unspecified atom stereocenters. The molecule has 0 heterocycles. The lowest BCUT2D eigenvalue weighted by atomic mass is 9.36. The number of ketones is 2. The highest BCUT2D eigenvalue weighted by atomic mass is 19.3. The minimum atomic E-state index is -3.49. The van der Waals surface area contributed by atoms with Gasteiger partial charge in [-0.2, -0.15) is 14.0 Å². The van der Waals surface area contributed by atoms with Crippen molar-refractivity contribution in [2.45, 2.75) is 105 Å². The number of fused-ring (bicyclic) bond motifs is 7. The zero-order valence-corrected chi connectivity index (χ0v) is 24.3. The van der Waals surface area contributed by atoms with E-state index in [2.05, 4.69) is 46.0 Å². The van der Waals surface area contributed by atoms with Crippen LogP contribution in [0.1, 0.15) is 93.4 Å². The van der Waals surface area contributed by atoms with Crippen molar-refractivity contribution in [1.29, 1.82) is 5.26 Å². The molecule has 8 atom stereocenters. The van der Waals surface area contributed by atoms with Crippen molar-refractivity contribution >= 4 is 17.5 Å². The summed E-state index contributed by atoms with van der Waals surface area (Å²) in [6.07, 6.45) is 8.47. The number of hydrogen-bond donors (Lipinski definition) is 1. The number of amides is 1. The number of Topliss-reactive ketones (excluding diaryl/α,β-unsaturated/α-hetero) is 1. The quantitative estimate of drug-likeness (QED) is 0.443. The van der Waals surface area contributed by atoms with Gasteiger partial charge in [0.15, 0.2) is 11.6 Å². The Morgan fingerprint density at radius 1 is 1.05 bits per heavy atom. The van der Waals surface area contributed by atoms with Gasteiger partial charge in [-0.3, -0.25) is 14.4 Å². The molecule has 5 aliphatic rings. The summed E-state index contributed by atoms with van der Waals surface area (Å²) in [6, 6.07) is 2.11. The molecule has 5 aliphatic carbocycles. The summed E-state index contributed by atoms with van der Waals surface area (Å²) in [5.74, 6) is -5.83. The highest BCUT2D eigenvalue weighted by Gasteiger charge is 2.69. The molecule has 1 amide bonds. The molecule has 0 aromatic rings. The van der Waals surface area contributed by atoms with Gasteiger partial charge in [0, 0.05) is 29.7 Å². The van der Waals surface area contributed by atoms with Gasteiger partial charge in [-0.1, -0.05) is 53.2 Å². The van der Waals surface area contributed by atoms with Gasteiger partial charge in [-0.15, -0.1) is 0 Å². The van der Waals surface area contributed by atoms with Crippen molar-refractivity contribution in [3.63, 3.8) is 0 Å². The average molecular weight is 541 g/mol. The number of carbonyl (C=O) groups excluding carboxylic acids is 3. The molecule has 0 aliphatic heterocycles. The lowest BCUT2D eigenvalue weighted by Gasteiger charge is -2.68. The maximum absolute atomic E-state index is 14.3. The number of halogens is 2. The highest BCUT2D eigenvalue weighted by Crippen LogP contribution is 2.72. The Balaban J connectivity index is 1.65. The van der Waals surface area contributed by atoms with Crippen molar-refractivity contribution in [3.8, 4) is 6.07 Å². The molecule has 1 N–H and O–H groups in total. The molecule has 212 valence electrons. The van der Waals surface area contributed by atoms with Crippen LogP contribution in [0.4, 0.5) is 8.78 Å². The van der Waals surface area contributed by atoms with Crippen molar-refractivity contribution in [2.75, 3.05) is 0 Å². The summed E-state index contributed by atoms with van der Waals surface area (Å²) >= 11 is 0. The molecule has 39 heavy (non-hydrogen) atoms. The minimum Gasteiger partial charge on any atom is -0.345 e. The van der Waals surface area contributed by atoms with E-state index in [9.17, 15) is 28.4 Å². The molecule has 5 nitrogen and oxygen atoms in total. The number of alkyl halides is 2. The van der Waals surface area contributed by atoms with E-state index in [0.717, 1.165) is 24.8 Å². The van der Waals surface area contributed by atoms with E-state index in [4.69, 9.17) is 0 Å². The van der Waals surface area contributed by atoms with Crippen molar-refractivity contribution in [2.24, 2.45) is 45.3 Å². The van der Waals surface area contributed by atoms with E-state index in [1.54, 1.807) is 6.08 Å². The van der Waals surface area contributed by atoms with E-state index in [-0.39, 0.29) is 45.7 Å². The van der Waals surface area contributed by atoms with Crippen LogP contribution in [0.15, 0.2) is 23.3 Å². The molecule has 0 spiro atoms. The third-order valence-electron chi connectivity index (χ3n) is 12.3. The smallest absolute Gasteiger partial charge is 0.321 e. The SMILES string of the molecule is C[C@@H]1C(=O)C(C#N)=C[C@]2(C)C3=CC(=O)C4C5CC(C)(C)CC[C@]5(NC(=O)C(C)(F)F)CC[C@@]4(C)[C@]3(C)CC[C@@H]12. The highest BCUT2D eigenvalue weighted by molar-refractivity contribution is 6.02. The normalized spacial score (nSPS) is 44.9. The van der Waals surface area contributed by atoms with Gasteiger partial charge >= 0.3 is 5.92 Å². The summed E-state index contributed by atoms with van der Waals surface area (Å²) in [6.45, 7) is 13.4. The van der Waals surface area contributed by atoms with E-state index in [1.807, 2.05) is 13.0 Å². The first-order valence-corrected chi connectivity index (χ1v) is 14.5. The van der Waals surface area contributed by atoms with Gasteiger partial charge in [0.1, 0.15) is 6.07 Å². The molecular weight excluding hydrogens is 498 g/mol. The second-order valence-electron chi connectivity index (χ2n) is 14.9. The summed E-state index contributed by atoms with van der Waals surface area (Å²) in [7, 11) is 0. The van der Waals surface area contributed by atoms with Crippen LogP contribution in [0.25, 0.3) is 0 Å². The zero-order chi connectivity index (χ0) is 29.0. The fraction of sp³-hybridized carbons (Fsp3) is 0.750. The molecule has 5 rings (SSSR count). The minimum absolute atomic E-state index is 0.00686. The van der Waals surface area contributed by atoms with Gasteiger partial charge < -0.3 is 5.32 Å². The van der Waals surface area contributed by atoms with Crippen LogP contribution in [0, 0.1) is 56.7 Å². The molecule has 0 aromatic carbocycles. The fourth-order valence-corrected chi connectivity index (χ4v) is 9.81. The number of nitrogens with one attached hydrogen (secondary N) is 1. The summed E-state index contributed by atoms with van der Waals surface area (Å²) < 4.78 is 28.3. The molecule has 0 aromatic heterocycles. The number of rotatable bonds is 2. The zero-order valence-electron chi connectivity index (χ0n) is 24.3. The van der Waals surface area contributed by atoms with E-state index >= 15 is 0 Å². The monoisotopic (exact) mass is 540 g/mol. The Hall–Kier alpha value is -2.36. The summed E-state index contributed by atoms with van der Waals surface area (Å²) in [5.41, 5.74) is -1.15. The lowest BCUT2D eigenvalue weighted by Crippen LogP contribution is -2.70. The Morgan fingerprint density at radius 3 is 2.31 bits per heavy atom. The number of allylic oxidation sites excluding steroid dienone is 4. The fourth-order valence-electron chi connectivity index (χ4n) is 9.81. The number of carbonyl (C=O) groups is 3. The summed E-state index contributed by atoms with van der Waals surface area (Å²) in [5, 5.41) is 12.6. The number of nitriles is 1. The third kappa shape index (κ3) is 3.75. The van der Waals surface area contributed by atoms with Crippen LogP contribution in [0.5, 0.6) is 0 Å². The predicted molar refractivity (Wildman–Crippen MR) is 143 cm³/mol. The van der Waals surface area contributed by atoms with Crippen molar-refractivity contribution in [1.82, 2.24) is 5.32 Å². The standard InChI is InChI=1S/C32H42F2N2O3/c1-18-20-8-9-29(5)23(28(20,4)15-19(17-35)25(18)38)14-22(37)24-21-16-27(2,3)10-12-32(21,13-11-30(24,29)6)36-26(39)31(7,33)34/h14-15,18,20-21,24H,8-13,16H2,1-7H3,(H,36,39)/t18-,20-,21?,24?,28-,29+,30+,32-/m0/s1. The first-order valence-electron chi connectivity index (χ1n) is 14.5. The van der Waals surface area contributed by atoms with E-state index in [0.29, 0.717) is 32.6 Å². The molecule has 3 fully saturated rings. The second-order valence-corrected chi connectivity index (χ2v) is 14.9. The molecule has 3 saturated carbocycles. The summed E-state index contributed by atoms with van der Waals surface area (Å²) in [4.78, 5) is 39.9. The van der Waals surface area contributed by atoms with E-state index in [1.165, 1.54) is 0 Å². The Kier molecular flexibility index (Phi) is 6.02. The van der Waals surface area contributed by atoms with Gasteiger partial charge in [-0.05, 0) is 79.1 Å². The van der Waals surface area contributed by atoms with Gasteiger partial charge in [0.25, 0.3) is 5.91 Å². The molecule has 7 heteroatoms. The van der Waals surface area contributed by atoms with E-state index < -0.39 is 34.1 Å². The van der Waals surface area contributed by atoms with Crippen molar-refractivity contribution < 1.29 is 23.2 Å². The van der Waals surface area contributed by atoms with Crippen LogP contribution in [0.2, 0.25) is 0 Å². The maximum atomic E-state index is 14.3. The Labute approximate surface area is 230 Å². The molecule has 0 saturated heterocycles. The van der Waals surface area contributed by atoms with Crippen LogP contribution >= 0.6 is 0 Å². The topological polar surface area (TPSA) is 87.0 Å². The van der Waals surface area contributed by atoms with Crippen molar-refractivity contribution in [3.05, 3.63) is 23.3 Å². The number of hydrogen-bond acceptors (Lipinski definition) is 4. The van der Waals surface area contributed by atoms with Crippen LogP contribution in [0.3, 0.4) is 0 Å². The largest absolute Gasteiger partial charge is 0.345 e. The number of nitrogens with zero attached hydrogens (tertiary/aromatic N) is 1. The maximum Gasteiger partial charge on any atom is 0.321 e. The average Bonchev–Trinajstić information content (AvgIpc) is 2.83. The van der Waals surface area contributed by atoms with Gasteiger partial charge in [0.05, 0.1) is 5.57 Å². The first kappa shape index (κ1) is 28.2. The third-order valence-corrected chi connectivity index (χ3v) is 12.3. The van der Waals surface area contributed by atoms with Gasteiger partial charge in [0.2, 0.25) is 0 Å². The van der Waals surface area contributed by atoms with Crippen LogP contribution in [-0.2, 0) is 14.4 Å². The first-order chi connectivity index (χ1) is 17.9. The Morgan fingerprint density at radius 2 is 1.69 bits per heavy atom. The lowest BCUT2D eigenvalue weighted by molar-refractivity contribution is -0.167. The molecule has 0 radical (unpaired) electrons. The molecular formula is C32H42F2N2O3. The van der Waals surface area contributed by atoms with Crippen LogP contribution < -0.4 is 5.32 Å².